The smallest absolute Gasteiger partial charge is 0.320 e. The summed E-state index contributed by atoms with van der Waals surface area (Å²) in [6.45, 7) is 7.14. The summed E-state index contributed by atoms with van der Waals surface area (Å²) in [5.41, 5.74) is 2.56. The van der Waals surface area contributed by atoms with Gasteiger partial charge in [0.2, 0.25) is 0 Å². The second-order valence-corrected chi connectivity index (χ2v) is 6.99. The maximum Gasteiger partial charge on any atom is 0.320 e. The van der Waals surface area contributed by atoms with Gasteiger partial charge in [0.15, 0.2) is 0 Å². The molecule has 1 rings (SSSR count). The quantitative estimate of drug-likeness (QED) is 0.810. The highest BCUT2D eigenvalue weighted by molar-refractivity contribution is 7.98. The van der Waals surface area contributed by atoms with Crippen molar-refractivity contribution in [1.82, 2.24) is 5.32 Å². The molecule has 0 fully saturated rings. The van der Waals surface area contributed by atoms with Gasteiger partial charge in [-0.25, -0.2) is 0 Å². The van der Waals surface area contributed by atoms with Crippen LogP contribution in [-0.4, -0.2) is 29.1 Å². The number of nitrogens with one attached hydrogen (secondary N) is 1. The molecule has 0 aliphatic carbocycles. The van der Waals surface area contributed by atoms with Crippen molar-refractivity contribution in [2.75, 3.05) is 12.0 Å². The number of carboxylic acid groups (broad SMARTS) is 1. The summed E-state index contributed by atoms with van der Waals surface area (Å²) < 4.78 is 0. The minimum atomic E-state index is -0.773. The van der Waals surface area contributed by atoms with E-state index in [2.05, 4.69) is 50.4 Å². The standard InChI is InChI=1S/C16H25NO2S/c1-16(2,3)13-7-5-12(6-8-13)11-17-14(15(18)19)9-10-20-4/h5-8,14,17H,9-11H2,1-4H3,(H,18,19)/t14-/m0/s1. The van der Waals surface area contributed by atoms with Crippen molar-refractivity contribution in [3.63, 3.8) is 0 Å². The molecule has 0 unspecified atom stereocenters. The molecule has 0 amide bonds. The number of benzene rings is 1. The van der Waals surface area contributed by atoms with Gasteiger partial charge >= 0.3 is 5.97 Å². The SMILES string of the molecule is CSCC[C@H](NCc1ccc(C(C)(C)C)cc1)C(=O)O. The zero-order valence-corrected chi connectivity index (χ0v) is 13.6. The van der Waals surface area contributed by atoms with Crippen LogP contribution in [0.5, 0.6) is 0 Å². The molecule has 0 bridgehead atoms. The average Bonchev–Trinajstić information content (AvgIpc) is 2.38. The summed E-state index contributed by atoms with van der Waals surface area (Å²) in [6.07, 6.45) is 2.64. The Hall–Kier alpha value is -1.00. The van der Waals surface area contributed by atoms with Crippen LogP contribution < -0.4 is 5.32 Å². The van der Waals surface area contributed by atoms with Crippen molar-refractivity contribution < 1.29 is 9.90 Å². The maximum atomic E-state index is 11.1. The Morgan fingerprint density at radius 2 is 1.90 bits per heavy atom. The van der Waals surface area contributed by atoms with Crippen molar-refractivity contribution in [2.24, 2.45) is 0 Å². The average molecular weight is 295 g/mol. The van der Waals surface area contributed by atoms with Crippen LogP contribution in [0, 0.1) is 0 Å². The molecule has 0 heterocycles. The van der Waals surface area contributed by atoms with Crippen LogP contribution in [0.2, 0.25) is 0 Å². The topological polar surface area (TPSA) is 49.3 Å². The summed E-state index contributed by atoms with van der Waals surface area (Å²) in [5.74, 6) is 0.0813. The summed E-state index contributed by atoms with van der Waals surface area (Å²) in [4.78, 5) is 11.1. The van der Waals surface area contributed by atoms with Gasteiger partial charge in [0, 0.05) is 6.54 Å². The second-order valence-electron chi connectivity index (χ2n) is 6.00. The van der Waals surface area contributed by atoms with E-state index in [0.29, 0.717) is 13.0 Å². The molecule has 0 spiro atoms. The zero-order chi connectivity index (χ0) is 15.2. The molecule has 3 nitrogen and oxygen atoms in total. The molecule has 0 radical (unpaired) electrons. The van der Waals surface area contributed by atoms with Crippen LogP contribution in [-0.2, 0) is 16.8 Å². The van der Waals surface area contributed by atoms with E-state index >= 15 is 0 Å². The third-order valence-corrected chi connectivity index (χ3v) is 3.93. The van der Waals surface area contributed by atoms with E-state index < -0.39 is 12.0 Å². The first-order valence-electron chi connectivity index (χ1n) is 6.89. The van der Waals surface area contributed by atoms with Crippen LogP contribution in [0.3, 0.4) is 0 Å². The lowest BCUT2D eigenvalue weighted by atomic mass is 9.87. The Labute approximate surface area is 126 Å². The molecule has 112 valence electrons. The highest BCUT2D eigenvalue weighted by Crippen LogP contribution is 2.22. The van der Waals surface area contributed by atoms with Gasteiger partial charge in [-0.1, -0.05) is 45.0 Å². The van der Waals surface area contributed by atoms with Crippen molar-refractivity contribution in [2.45, 2.75) is 45.2 Å². The first kappa shape index (κ1) is 17.1. The van der Waals surface area contributed by atoms with E-state index in [1.165, 1.54) is 5.56 Å². The van der Waals surface area contributed by atoms with E-state index in [4.69, 9.17) is 5.11 Å². The third-order valence-electron chi connectivity index (χ3n) is 3.28. The van der Waals surface area contributed by atoms with E-state index in [1.54, 1.807) is 11.8 Å². The predicted octanol–water partition coefficient (Wildman–Crippen LogP) is 3.28. The van der Waals surface area contributed by atoms with Gasteiger partial charge in [-0.15, -0.1) is 0 Å². The highest BCUT2D eigenvalue weighted by Gasteiger charge is 2.16. The molecule has 0 saturated carbocycles. The lowest BCUT2D eigenvalue weighted by Crippen LogP contribution is -2.36. The maximum absolute atomic E-state index is 11.1. The Bertz CT molecular complexity index is 423. The Morgan fingerprint density at radius 3 is 2.35 bits per heavy atom. The van der Waals surface area contributed by atoms with E-state index in [0.717, 1.165) is 11.3 Å². The minimum absolute atomic E-state index is 0.147. The monoisotopic (exact) mass is 295 g/mol. The third kappa shape index (κ3) is 5.55. The summed E-state index contributed by atoms with van der Waals surface area (Å²) in [6, 6.07) is 7.91. The summed E-state index contributed by atoms with van der Waals surface area (Å²) in [7, 11) is 0. The Balaban J connectivity index is 2.58. The number of carboxylic acids is 1. The molecule has 20 heavy (non-hydrogen) atoms. The van der Waals surface area contributed by atoms with E-state index in [1.807, 2.05) is 6.26 Å². The fourth-order valence-corrected chi connectivity index (χ4v) is 2.38. The lowest BCUT2D eigenvalue weighted by molar-refractivity contribution is -0.139. The number of thioether (sulfide) groups is 1. The van der Waals surface area contributed by atoms with Crippen LogP contribution in [0.25, 0.3) is 0 Å². The first-order chi connectivity index (χ1) is 9.34. The number of aliphatic carboxylic acids is 1. The van der Waals surface area contributed by atoms with E-state index in [9.17, 15) is 4.79 Å². The van der Waals surface area contributed by atoms with Crippen molar-refractivity contribution in [1.29, 1.82) is 0 Å². The second kappa shape index (κ2) is 7.70. The van der Waals surface area contributed by atoms with Gasteiger partial charge in [0.05, 0.1) is 0 Å². The molecule has 4 heteroatoms. The molecule has 0 saturated heterocycles. The number of carbonyl (C=O) groups is 1. The molecular formula is C16H25NO2S. The molecule has 0 aromatic heterocycles. The summed E-state index contributed by atoms with van der Waals surface area (Å²) >= 11 is 1.67. The Kier molecular flexibility index (Phi) is 6.56. The van der Waals surface area contributed by atoms with Gasteiger partial charge in [-0.2, -0.15) is 11.8 Å². The first-order valence-corrected chi connectivity index (χ1v) is 8.28. The van der Waals surface area contributed by atoms with Gasteiger partial charge in [0.1, 0.15) is 6.04 Å². The fraction of sp³-hybridized carbons (Fsp3) is 0.562. The van der Waals surface area contributed by atoms with Crippen LogP contribution >= 0.6 is 11.8 Å². The van der Waals surface area contributed by atoms with E-state index in [-0.39, 0.29) is 5.41 Å². The zero-order valence-electron chi connectivity index (χ0n) is 12.8. The van der Waals surface area contributed by atoms with Gasteiger partial charge in [0.25, 0.3) is 0 Å². The van der Waals surface area contributed by atoms with Crippen molar-refractivity contribution in [3.8, 4) is 0 Å². The number of rotatable bonds is 7. The largest absolute Gasteiger partial charge is 0.480 e. The summed E-state index contributed by atoms with van der Waals surface area (Å²) in [5, 5.41) is 12.3. The Morgan fingerprint density at radius 1 is 1.30 bits per heavy atom. The van der Waals surface area contributed by atoms with Crippen molar-refractivity contribution >= 4 is 17.7 Å². The molecule has 1 aromatic rings. The normalized spacial score (nSPS) is 13.2. The van der Waals surface area contributed by atoms with Crippen LogP contribution in [0.4, 0.5) is 0 Å². The number of hydrogen-bond acceptors (Lipinski definition) is 3. The lowest BCUT2D eigenvalue weighted by Gasteiger charge is -2.19. The molecule has 1 aromatic carbocycles. The predicted molar refractivity (Wildman–Crippen MR) is 86.4 cm³/mol. The molecule has 0 aliphatic heterocycles. The van der Waals surface area contributed by atoms with Crippen LogP contribution in [0.15, 0.2) is 24.3 Å². The molecule has 1 atom stereocenters. The molecule has 2 N–H and O–H groups in total. The van der Waals surface area contributed by atoms with Gasteiger partial charge in [-0.3, -0.25) is 4.79 Å². The van der Waals surface area contributed by atoms with Gasteiger partial charge in [-0.05, 0) is 35.0 Å². The van der Waals surface area contributed by atoms with Crippen LogP contribution in [0.1, 0.15) is 38.3 Å². The fourth-order valence-electron chi connectivity index (χ4n) is 1.91. The van der Waals surface area contributed by atoms with Gasteiger partial charge < -0.3 is 10.4 Å². The van der Waals surface area contributed by atoms with Crippen molar-refractivity contribution in [3.05, 3.63) is 35.4 Å². The number of hydrogen-bond donors (Lipinski definition) is 2. The highest BCUT2D eigenvalue weighted by atomic mass is 32.2. The molecular weight excluding hydrogens is 270 g/mol. The molecule has 0 aliphatic rings. The minimum Gasteiger partial charge on any atom is -0.480 e.